The lowest BCUT2D eigenvalue weighted by Crippen LogP contribution is -2.42. The molecule has 0 aliphatic rings. The first kappa shape index (κ1) is 21.6. The molecule has 4 rings (SSSR count). The van der Waals surface area contributed by atoms with Crippen LogP contribution in [0.5, 0.6) is 0 Å². The second kappa shape index (κ2) is 9.27. The number of anilines is 1. The molecule has 0 aliphatic heterocycles. The third-order valence-electron chi connectivity index (χ3n) is 5.73. The highest BCUT2D eigenvalue weighted by molar-refractivity contribution is 6.07. The fraction of sp³-hybridized carbons (Fsp3) is 0.259. The second-order valence-corrected chi connectivity index (χ2v) is 8.74. The summed E-state index contributed by atoms with van der Waals surface area (Å²) in [6.07, 6.45) is 4.46. The molecule has 1 atom stereocenters. The molecule has 2 aromatic carbocycles. The molecule has 4 aromatic rings. The number of fused-ring (bicyclic) bond motifs is 1. The van der Waals surface area contributed by atoms with Gasteiger partial charge in [0.25, 0.3) is 11.5 Å². The van der Waals surface area contributed by atoms with Crippen molar-refractivity contribution in [1.82, 2.24) is 9.55 Å². The lowest BCUT2D eigenvalue weighted by Gasteiger charge is -2.30. The smallest absolute Gasteiger partial charge is 0.264 e. The van der Waals surface area contributed by atoms with E-state index in [-0.39, 0.29) is 23.1 Å². The zero-order chi connectivity index (χ0) is 22.7. The summed E-state index contributed by atoms with van der Waals surface area (Å²) in [4.78, 5) is 32.0. The molecule has 0 radical (unpaired) electrons. The number of nitrogens with one attached hydrogen (secondary N) is 1. The molecule has 2 aromatic heterocycles. The fourth-order valence-electron chi connectivity index (χ4n) is 4.28. The van der Waals surface area contributed by atoms with E-state index < -0.39 is 0 Å². The van der Waals surface area contributed by atoms with Gasteiger partial charge in [-0.1, -0.05) is 44.2 Å². The number of rotatable bonds is 7. The molecule has 0 saturated heterocycles. The third kappa shape index (κ3) is 4.52. The minimum atomic E-state index is -0.272. The number of carbonyl (C=O) groups excluding carboxylic acids is 1. The Morgan fingerprint density at radius 2 is 1.78 bits per heavy atom. The van der Waals surface area contributed by atoms with Gasteiger partial charge in [0.05, 0.1) is 6.54 Å². The van der Waals surface area contributed by atoms with Crippen LogP contribution in [0.4, 0.5) is 5.69 Å². The predicted octanol–water partition coefficient (Wildman–Crippen LogP) is 5.46. The van der Waals surface area contributed by atoms with Crippen LogP contribution in [0, 0.1) is 5.92 Å². The molecule has 0 bridgehead atoms. The molecular weight excluding hydrogens is 398 g/mol. The molecule has 0 fully saturated rings. The summed E-state index contributed by atoms with van der Waals surface area (Å²) in [5.74, 6) is 0.155. The molecule has 0 spiro atoms. The van der Waals surface area contributed by atoms with Gasteiger partial charge < -0.3 is 14.5 Å². The Morgan fingerprint density at radius 1 is 1.00 bits per heavy atom. The molecule has 2 heterocycles. The minimum absolute atomic E-state index is 0.0546. The topological polar surface area (TPSA) is 58.1 Å². The van der Waals surface area contributed by atoms with Gasteiger partial charge in [-0.3, -0.25) is 9.59 Å². The van der Waals surface area contributed by atoms with Crippen LogP contribution in [0.15, 0.2) is 83.9 Å². The van der Waals surface area contributed by atoms with Crippen molar-refractivity contribution < 1.29 is 4.79 Å². The van der Waals surface area contributed by atoms with Gasteiger partial charge in [0.2, 0.25) is 0 Å². The monoisotopic (exact) mass is 427 g/mol. The van der Waals surface area contributed by atoms with Crippen molar-refractivity contribution >= 4 is 22.5 Å². The van der Waals surface area contributed by atoms with E-state index in [1.165, 1.54) is 0 Å². The quantitative estimate of drug-likeness (QED) is 0.426. The summed E-state index contributed by atoms with van der Waals surface area (Å²) >= 11 is 0. The largest absolute Gasteiger partial charge is 0.361 e. The molecule has 1 N–H and O–H groups in total. The van der Waals surface area contributed by atoms with Gasteiger partial charge in [-0.25, -0.2) is 0 Å². The zero-order valence-electron chi connectivity index (χ0n) is 18.8. The highest BCUT2D eigenvalue weighted by atomic mass is 16.2. The van der Waals surface area contributed by atoms with Gasteiger partial charge in [-0.15, -0.1) is 0 Å². The van der Waals surface area contributed by atoms with E-state index in [1.807, 2.05) is 67.7 Å². The van der Waals surface area contributed by atoms with Gasteiger partial charge in [-0.05, 0) is 61.2 Å². The average molecular weight is 428 g/mol. The van der Waals surface area contributed by atoms with Crippen LogP contribution in [0.3, 0.4) is 0 Å². The van der Waals surface area contributed by atoms with Crippen molar-refractivity contribution in [2.75, 3.05) is 4.90 Å². The average Bonchev–Trinajstić information content (AvgIpc) is 3.23. The van der Waals surface area contributed by atoms with Crippen LogP contribution < -0.4 is 10.5 Å². The number of H-pyrrole nitrogens is 1. The molecule has 5 heteroatoms. The Kier molecular flexibility index (Phi) is 6.26. The Bertz CT molecular complexity index is 1270. The van der Waals surface area contributed by atoms with E-state index in [9.17, 15) is 9.59 Å². The SMILES string of the molecule is CC(C)CC(C)N(C(=O)c1cccn(Cc2ccccc2)c1=O)c1ccc2[nH]ccc2c1. The molecule has 5 nitrogen and oxygen atoms in total. The molecule has 0 saturated carbocycles. The summed E-state index contributed by atoms with van der Waals surface area (Å²) in [6.45, 7) is 6.76. The summed E-state index contributed by atoms with van der Waals surface area (Å²) in [7, 11) is 0. The number of amides is 1. The number of aromatic nitrogens is 2. The van der Waals surface area contributed by atoms with E-state index in [0.29, 0.717) is 12.5 Å². The fourth-order valence-corrected chi connectivity index (χ4v) is 4.28. The maximum Gasteiger partial charge on any atom is 0.264 e. The Hall–Kier alpha value is -3.60. The summed E-state index contributed by atoms with van der Waals surface area (Å²) in [5.41, 5.74) is 2.75. The first-order chi connectivity index (χ1) is 15.4. The Morgan fingerprint density at radius 3 is 2.53 bits per heavy atom. The molecule has 164 valence electrons. The van der Waals surface area contributed by atoms with Crippen molar-refractivity contribution in [3.63, 3.8) is 0 Å². The van der Waals surface area contributed by atoms with Crippen molar-refractivity contribution in [3.05, 3.63) is 101 Å². The maximum absolute atomic E-state index is 13.8. The first-order valence-electron chi connectivity index (χ1n) is 11.1. The highest BCUT2D eigenvalue weighted by Crippen LogP contribution is 2.26. The van der Waals surface area contributed by atoms with E-state index in [1.54, 1.807) is 27.8 Å². The molecule has 1 unspecified atom stereocenters. The number of nitrogens with zero attached hydrogens (tertiary/aromatic N) is 2. The lowest BCUT2D eigenvalue weighted by atomic mass is 10.0. The Labute approximate surface area is 188 Å². The molecule has 0 aliphatic carbocycles. The number of hydrogen-bond acceptors (Lipinski definition) is 2. The van der Waals surface area contributed by atoms with Crippen molar-refractivity contribution in [1.29, 1.82) is 0 Å². The van der Waals surface area contributed by atoms with Gasteiger partial charge in [0.1, 0.15) is 5.56 Å². The predicted molar refractivity (Wildman–Crippen MR) is 130 cm³/mol. The summed E-state index contributed by atoms with van der Waals surface area (Å²) in [5, 5.41) is 1.03. The highest BCUT2D eigenvalue weighted by Gasteiger charge is 2.26. The van der Waals surface area contributed by atoms with Gasteiger partial charge in [0.15, 0.2) is 0 Å². The van der Waals surface area contributed by atoms with Crippen LogP contribution >= 0.6 is 0 Å². The number of carbonyl (C=O) groups is 1. The summed E-state index contributed by atoms with van der Waals surface area (Å²) < 4.78 is 1.60. The van der Waals surface area contributed by atoms with Crippen LogP contribution in [-0.2, 0) is 6.54 Å². The number of aromatic amines is 1. The van der Waals surface area contributed by atoms with Crippen molar-refractivity contribution in [3.8, 4) is 0 Å². The van der Waals surface area contributed by atoms with Crippen molar-refractivity contribution in [2.24, 2.45) is 5.92 Å². The van der Waals surface area contributed by atoms with E-state index >= 15 is 0 Å². The van der Waals surface area contributed by atoms with Crippen molar-refractivity contribution in [2.45, 2.75) is 39.8 Å². The zero-order valence-corrected chi connectivity index (χ0v) is 18.8. The maximum atomic E-state index is 13.8. The number of pyridine rings is 1. The number of benzene rings is 2. The van der Waals surface area contributed by atoms with E-state index in [2.05, 4.69) is 18.8 Å². The summed E-state index contributed by atoms with van der Waals surface area (Å²) in [6, 6.07) is 21.1. The minimum Gasteiger partial charge on any atom is -0.361 e. The normalized spacial score (nSPS) is 12.2. The van der Waals surface area contributed by atoms with Crippen LogP contribution in [-0.4, -0.2) is 21.5 Å². The van der Waals surface area contributed by atoms with Crippen LogP contribution in [0.1, 0.15) is 43.1 Å². The Balaban J connectivity index is 1.73. The van der Waals surface area contributed by atoms with Gasteiger partial charge in [0, 0.05) is 35.0 Å². The number of hydrogen-bond donors (Lipinski definition) is 1. The second-order valence-electron chi connectivity index (χ2n) is 8.74. The van der Waals surface area contributed by atoms with Gasteiger partial charge >= 0.3 is 0 Å². The van der Waals surface area contributed by atoms with Crippen LogP contribution in [0.2, 0.25) is 0 Å². The van der Waals surface area contributed by atoms with E-state index in [4.69, 9.17) is 0 Å². The molecule has 32 heavy (non-hydrogen) atoms. The molecule has 1 amide bonds. The molecular formula is C27H29N3O2. The lowest BCUT2D eigenvalue weighted by molar-refractivity contribution is 0.0974. The third-order valence-corrected chi connectivity index (χ3v) is 5.73. The van der Waals surface area contributed by atoms with Gasteiger partial charge in [-0.2, -0.15) is 0 Å². The standard InChI is InChI=1S/C27H29N3O2/c1-19(2)16-20(3)30(23-11-12-25-22(17-23)13-14-28-25)27(32)24-10-7-15-29(26(24)31)18-21-8-5-4-6-9-21/h4-15,17,19-20,28H,16,18H2,1-3H3. The first-order valence-corrected chi connectivity index (χ1v) is 11.1. The van der Waals surface area contributed by atoms with E-state index in [0.717, 1.165) is 28.6 Å². The van der Waals surface area contributed by atoms with Crippen LogP contribution in [0.25, 0.3) is 10.9 Å².